The van der Waals surface area contributed by atoms with Crippen LogP contribution in [0.1, 0.15) is 11.1 Å². The molecule has 0 bridgehead atoms. The van der Waals surface area contributed by atoms with Gasteiger partial charge in [0.15, 0.2) is 0 Å². The van der Waals surface area contributed by atoms with Gasteiger partial charge in [0.1, 0.15) is 5.75 Å². The van der Waals surface area contributed by atoms with Crippen molar-refractivity contribution in [1.82, 2.24) is 0 Å². The molecule has 2 nitrogen and oxygen atoms in total. The number of para-hydroxylation sites is 1. The number of benzene rings is 2. The maximum absolute atomic E-state index is 12.8. The van der Waals surface area contributed by atoms with E-state index in [2.05, 4.69) is 4.74 Å². The first-order valence-electron chi connectivity index (χ1n) is 6.54. The van der Waals surface area contributed by atoms with Gasteiger partial charge in [0.2, 0.25) is 0 Å². The summed E-state index contributed by atoms with van der Waals surface area (Å²) in [5.74, 6) is -0.552. The number of alkyl halides is 6. The lowest BCUT2D eigenvalue weighted by atomic mass is 9.95. The Kier molecular flexibility index (Phi) is 4.73. The minimum absolute atomic E-state index is 0.0365. The van der Waals surface area contributed by atoms with Gasteiger partial charge in [-0.2, -0.15) is 18.4 Å². The highest BCUT2D eigenvalue weighted by Gasteiger charge is 2.33. The van der Waals surface area contributed by atoms with Crippen LogP contribution in [0.5, 0.6) is 5.75 Å². The molecular weight excluding hydrogens is 336 g/mol. The summed E-state index contributed by atoms with van der Waals surface area (Å²) in [6.45, 7) is 0. The summed E-state index contributed by atoms with van der Waals surface area (Å²) in [5.41, 5.74) is -0.991. The molecular formula is C16H9F6NO. The molecule has 0 fully saturated rings. The molecule has 0 saturated carbocycles. The number of nitrogens with zero attached hydrogens (tertiary/aromatic N) is 1. The lowest BCUT2D eigenvalue weighted by molar-refractivity contribution is -0.274. The summed E-state index contributed by atoms with van der Waals surface area (Å²) in [7, 11) is 0. The van der Waals surface area contributed by atoms with E-state index in [0.29, 0.717) is 0 Å². The Hall–Kier alpha value is -2.69. The van der Waals surface area contributed by atoms with Crippen molar-refractivity contribution in [2.45, 2.75) is 19.0 Å². The van der Waals surface area contributed by atoms with Crippen molar-refractivity contribution in [2.75, 3.05) is 0 Å². The SMILES string of the molecule is N#CCc1cc(C(F)(F)F)ccc1-c1ccccc1OC(F)(F)F. The third kappa shape index (κ3) is 4.19. The van der Waals surface area contributed by atoms with Gasteiger partial charge in [0.05, 0.1) is 18.1 Å². The van der Waals surface area contributed by atoms with Crippen LogP contribution in [0.25, 0.3) is 11.1 Å². The Morgan fingerprint density at radius 2 is 1.58 bits per heavy atom. The number of nitriles is 1. The molecule has 24 heavy (non-hydrogen) atoms. The first-order chi connectivity index (χ1) is 11.1. The minimum Gasteiger partial charge on any atom is -0.405 e. The molecule has 2 aromatic rings. The van der Waals surface area contributed by atoms with Crippen molar-refractivity contribution in [1.29, 1.82) is 5.26 Å². The molecule has 0 N–H and O–H groups in total. The van der Waals surface area contributed by atoms with E-state index in [1.54, 1.807) is 6.07 Å². The fourth-order valence-corrected chi connectivity index (χ4v) is 2.17. The van der Waals surface area contributed by atoms with Crippen LogP contribution in [0, 0.1) is 11.3 Å². The molecule has 0 heterocycles. The van der Waals surface area contributed by atoms with Crippen molar-refractivity contribution in [2.24, 2.45) is 0 Å². The van der Waals surface area contributed by atoms with Gasteiger partial charge >= 0.3 is 12.5 Å². The Morgan fingerprint density at radius 3 is 2.17 bits per heavy atom. The van der Waals surface area contributed by atoms with Crippen molar-refractivity contribution in [3.63, 3.8) is 0 Å². The van der Waals surface area contributed by atoms with E-state index in [-0.39, 0.29) is 23.1 Å². The van der Waals surface area contributed by atoms with E-state index in [4.69, 9.17) is 5.26 Å². The van der Waals surface area contributed by atoms with E-state index < -0.39 is 23.9 Å². The highest BCUT2D eigenvalue weighted by Crippen LogP contribution is 2.38. The molecule has 0 amide bonds. The average molecular weight is 345 g/mol. The Bertz CT molecular complexity index is 773. The number of hydrogen-bond acceptors (Lipinski definition) is 2. The number of hydrogen-bond donors (Lipinski definition) is 0. The zero-order chi connectivity index (χ0) is 18.0. The summed E-state index contributed by atoms with van der Waals surface area (Å²) in [5, 5.41) is 8.80. The standard InChI is InChI=1S/C16H9F6NO/c17-15(18,19)11-5-6-12(10(9-11)7-8-23)13-3-1-2-4-14(13)24-16(20,21)22/h1-6,9H,7H2. The van der Waals surface area contributed by atoms with Crippen LogP contribution in [-0.2, 0) is 12.6 Å². The van der Waals surface area contributed by atoms with Crippen LogP contribution in [0.15, 0.2) is 42.5 Å². The van der Waals surface area contributed by atoms with E-state index >= 15 is 0 Å². The molecule has 2 aromatic carbocycles. The average Bonchev–Trinajstić information content (AvgIpc) is 2.46. The number of halogens is 6. The molecule has 2 rings (SSSR count). The van der Waals surface area contributed by atoms with Crippen LogP contribution >= 0.6 is 0 Å². The van der Waals surface area contributed by atoms with Gasteiger partial charge < -0.3 is 4.74 Å². The normalized spacial score (nSPS) is 11.9. The van der Waals surface area contributed by atoms with Crippen LogP contribution < -0.4 is 4.74 Å². The van der Waals surface area contributed by atoms with E-state index in [0.717, 1.165) is 24.3 Å². The lowest BCUT2D eigenvalue weighted by Gasteiger charge is -2.16. The molecule has 0 aliphatic rings. The second-order valence-electron chi connectivity index (χ2n) is 4.75. The van der Waals surface area contributed by atoms with E-state index in [1.165, 1.54) is 18.2 Å². The second kappa shape index (κ2) is 6.43. The molecule has 0 aromatic heterocycles. The number of rotatable bonds is 3. The van der Waals surface area contributed by atoms with E-state index in [1.807, 2.05) is 0 Å². The topological polar surface area (TPSA) is 33.0 Å². The monoisotopic (exact) mass is 345 g/mol. The summed E-state index contributed by atoms with van der Waals surface area (Å²) < 4.78 is 79.7. The fourth-order valence-electron chi connectivity index (χ4n) is 2.17. The van der Waals surface area contributed by atoms with Crippen LogP contribution in [0.4, 0.5) is 26.3 Å². The molecule has 0 aliphatic heterocycles. The predicted molar refractivity (Wildman–Crippen MR) is 72.9 cm³/mol. The van der Waals surface area contributed by atoms with Crippen LogP contribution in [0.3, 0.4) is 0 Å². The highest BCUT2D eigenvalue weighted by atomic mass is 19.4. The third-order valence-corrected chi connectivity index (χ3v) is 3.10. The Labute approximate surface area is 132 Å². The Morgan fingerprint density at radius 1 is 0.917 bits per heavy atom. The quantitative estimate of drug-likeness (QED) is 0.704. The molecule has 8 heteroatoms. The van der Waals surface area contributed by atoms with Gasteiger partial charge in [0, 0.05) is 5.56 Å². The highest BCUT2D eigenvalue weighted by molar-refractivity contribution is 5.74. The molecule has 0 unspecified atom stereocenters. The molecule has 0 atom stereocenters. The smallest absolute Gasteiger partial charge is 0.405 e. The molecule has 0 radical (unpaired) electrons. The summed E-state index contributed by atoms with van der Waals surface area (Å²) in [6.07, 6.45) is -9.96. The van der Waals surface area contributed by atoms with Gasteiger partial charge in [-0.05, 0) is 29.3 Å². The summed E-state index contributed by atoms with van der Waals surface area (Å²) in [6, 6.07) is 9.31. The van der Waals surface area contributed by atoms with Crippen molar-refractivity contribution >= 4 is 0 Å². The third-order valence-electron chi connectivity index (χ3n) is 3.10. The first kappa shape index (κ1) is 17.7. The van der Waals surface area contributed by atoms with Crippen molar-refractivity contribution in [3.8, 4) is 22.9 Å². The summed E-state index contributed by atoms with van der Waals surface area (Å²) in [4.78, 5) is 0. The zero-order valence-electron chi connectivity index (χ0n) is 11.9. The van der Waals surface area contributed by atoms with Gasteiger partial charge in [-0.25, -0.2) is 0 Å². The molecule has 126 valence electrons. The lowest BCUT2D eigenvalue weighted by Crippen LogP contribution is -2.17. The zero-order valence-corrected chi connectivity index (χ0v) is 11.9. The first-order valence-corrected chi connectivity index (χ1v) is 6.54. The van der Waals surface area contributed by atoms with Gasteiger partial charge in [0.25, 0.3) is 0 Å². The van der Waals surface area contributed by atoms with Gasteiger partial charge in [-0.15, -0.1) is 13.2 Å². The minimum atomic E-state index is -4.95. The maximum atomic E-state index is 12.8. The maximum Gasteiger partial charge on any atom is 0.573 e. The number of ether oxygens (including phenoxy) is 1. The van der Waals surface area contributed by atoms with Crippen LogP contribution in [-0.4, -0.2) is 6.36 Å². The molecule has 0 saturated heterocycles. The summed E-state index contributed by atoms with van der Waals surface area (Å²) >= 11 is 0. The van der Waals surface area contributed by atoms with Crippen LogP contribution in [0.2, 0.25) is 0 Å². The molecule has 0 aliphatic carbocycles. The molecule has 0 spiro atoms. The van der Waals surface area contributed by atoms with Gasteiger partial charge in [-0.3, -0.25) is 0 Å². The largest absolute Gasteiger partial charge is 0.573 e. The second-order valence-corrected chi connectivity index (χ2v) is 4.75. The van der Waals surface area contributed by atoms with Crippen molar-refractivity contribution < 1.29 is 31.1 Å². The fraction of sp³-hybridized carbons (Fsp3) is 0.188. The Balaban J connectivity index is 2.59. The van der Waals surface area contributed by atoms with E-state index in [9.17, 15) is 26.3 Å². The predicted octanol–water partition coefficient (Wildman–Crippen LogP) is 5.34. The van der Waals surface area contributed by atoms with Crippen molar-refractivity contribution in [3.05, 3.63) is 53.6 Å². The van der Waals surface area contributed by atoms with Gasteiger partial charge in [-0.1, -0.05) is 24.3 Å².